The van der Waals surface area contributed by atoms with Crippen LogP contribution < -0.4 is 21.7 Å². The van der Waals surface area contributed by atoms with Gasteiger partial charge in [-0.05, 0) is 36.1 Å². The van der Waals surface area contributed by atoms with Gasteiger partial charge in [-0.3, -0.25) is 14.4 Å². The zero-order chi connectivity index (χ0) is 31.3. The first-order valence-corrected chi connectivity index (χ1v) is 14.1. The molecular formula is C31H38N6O6. The highest BCUT2D eigenvalue weighted by Crippen LogP contribution is 2.21. The number of carboxylic acid groups (broad SMARTS) is 1. The van der Waals surface area contributed by atoms with Crippen molar-refractivity contribution in [1.29, 1.82) is 0 Å². The number of hydrogen-bond acceptors (Lipinski definition) is 6. The van der Waals surface area contributed by atoms with E-state index in [1.54, 1.807) is 26.2 Å². The minimum absolute atomic E-state index is 0.0486. The number of nitrogens with one attached hydrogen (secondary N) is 5. The number of carbonyl (C=O) groups excluding carboxylic acids is 3. The Morgan fingerprint density at radius 3 is 1.63 bits per heavy atom. The summed E-state index contributed by atoms with van der Waals surface area (Å²) in [5.41, 5.74) is 9.01. The van der Waals surface area contributed by atoms with Crippen LogP contribution in [0.2, 0.25) is 0 Å². The lowest BCUT2D eigenvalue weighted by molar-refractivity contribution is -0.143. The molecule has 5 atom stereocenters. The molecule has 0 aliphatic rings. The number of carboxylic acids is 1. The molecule has 2 aromatic carbocycles. The molecule has 0 spiro atoms. The van der Waals surface area contributed by atoms with Crippen molar-refractivity contribution in [2.24, 2.45) is 11.7 Å². The molecule has 2 aromatic heterocycles. The van der Waals surface area contributed by atoms with E-state index in [-0.39, 0.29) is 12.8 Å². The third kappa shape index (κ3) is 7.40. The Morgan fingerprint density at radius 2 is 1.19 bits per heavy atom. The van der Waals surface area contributed by atoms with E-state index in [0.29, 0.717) is 0 Å². The van der Waals surface area contributed by atoms with Crippen molar-refractivity contribution >= 4 is 45.5 Å². The number of benzene rings is 2. The summed E-state index contributed by atoms with van der Waals surface area (Å²) in [7, 11) is 0. The number of aliphatic hydroxyl groups is 1. The van der Waals surface area contributed by atoms with Gasteiger partial charge >= 0.3 is 5.97 Å². The normalized spacial score (nSPS) is 15.0. The monoisotopic (exact) mass is 590 g/mol. The van der Waals surface area contributed by atoms with E-state index in [4.69, 9.17) is 5.73 Å². The van der Waals surface area contributed by atoms with Crippen molar-refractivity contribution in [1.82, 2.24) is 25.9 Å². The highest BCUT2D eigenvalue weighted by atomic mass is 16.4. The van der Waals surface area contributed by atoms with Crippen LogP contribution in [0.1, 0.15) is 31.9 Å². The van der Waals surface area contributed by atoms with Gasteiger partial charge in [0.25, 0.3) is 0 Å². The molecule has 12 nitrogen and oxygen atoms in total. The number of carbonyl (C=O) groups is 4. The molecule has 0 saturated heterocycles. The molecule has 3 amide bonds. The summed E-state index contributed by atoms with van der Waals surface area (Å²) in [4.78, 5) is 58.4. The molecule has 4 rings (SSSR count). The van der Waals surface area contributed by atoms with Crippen molar-refractivity contribution in [2.75, 3.05) is 0 Å². The molecule has 0 radical (unpaired) electrons. The van der Waals surface area contributed by atoms with Gasteiger partial charge < -0.3 is 41.9 Å². The van der Waals surface area contributed by atoms with Crippen molar-refractivity contribution in [3.05, 3.63) is 72.1 Å². The lowest BCUT2D eigenvalue weighted by Crippen LogP contribution is -2.59. The Morgan fingerprint density at radius 1 is 0.744 bits per heavy atom. The van der Waals surface area contributed by atoms with Crippen LogP contribution in [0.15, 0.2) is 60.9 Å². The first kappa shape index (κ1) is 31.3. The summed E-state index contributed by atoms with van der Waals surface area (Å²) in [6.07, 6.45) is 2.41. The van der Waals surface area contributed by atoms with Crippen LogP contribution in [0.3, 0.4) is 0 Å². The highest BCUT2D eigenvalue weighted by molar-refractivity contribution is 5.95. The number of H-pyrrole nitrogens is 2. The van der Waals surface area contributed by atoms with Gasteiger partial charge in [-0.25, -0.2) is 4.79 Å². The van der Waals surface area contributed by atoms with E-state index in [9.17, 15) is 29.4 Å². The molecule has 2 heterocycles. The molecule has 4 aromatic rings. The topological polar surface area (TPSA) is 202 Å². The zero-order valence-electron chi connectivity index (χ0n) is 24.3. The van der Waals surface area contributed by atoms with Gasteiger partial charge in [-0.2, -0.15) is 0 Å². The van der Waals surface area contributed by atoms with Crippen molar-refractivity contribution in [3.63, 3.8) is 0 Å². The molecule has 12 heteroatoms. The maximum atomic E-state index is 13.9. The van der Waals surface area contributed by atoms with Gasteiger partial charge in [-0.1, -0.05) is 50.2 Å². The number of aliphatic hydroxyl groups excluding tert-OH is 1. The molecule has 0 fully saturated rings. The largest absolute Gasteiger partial charge is 0.480 e. The summed E-state index contributed by atoms with van der Waals surface area (Å²) < 4.78 is 0. The van der Waals surface area contributed by atoms with Gasteiger partial charge in [0, 0.05) is 47.0 Å². The third-order valence-electron chi connectivity index (χ3n) is 7.52. The number of aromatic amines is 2. The lowest BCUT2D eigenvalue weighted by Gasteiger charge is -2.26. The maximum Gasteiger partial charge on any atom is 0.326 e. The van der Waals surface area contributed by atoms with Gasteiger partial charge in [-0.15, -0.1) is 0 Å². The number of hydrogen-bond donors (Lipinski definition) is 8. The fraction of sp³-hybridized carbons (Fsp3) is 0.355. The number of amides is 3. The number of para-hydroxylation sites is 2. The van der Waals surface area contributed by atoms with Gasteiger partial charge in [0.05, 0.1) is 6.10 Å². The van der Waals surface area contributed by atoms with E-state index in [0.717, 1.165) is 32.9 Å². The van der Waals surface area contributed by atoms with E-state index in [1.807, 2.05) is 48.5 Å². The first-order valence-electron chi connectivity index (χ1n) is 14.1. The Bertz CT molecular complexity index is 1610. The predicted octanol–water partition coefficient (Wildman–Crippen LogP) is 1.34. The Kier molecular flexibility index (Phi) is 9.84. The minimum Gasteiger partial charge on any atom is -0.480 e. The molecule has 0 aliphatic carbocycles. The van der Waals surface area contributed by atoms with Crippen LogP contribution in [0.4, 0.5) is 0 Å². The van der Waals surface area contributed by atoms with Gasteiger partial charge in [0.2, 0.25) is 17.7 Å². The van der Waals surface area contributed by atoms with Gasteiger partial charge in [0.1, 0.15) is 24.2 Å². The van der Waals surface area contributed by atoms with E-state index in [1.165, 1.54) is 6.92 Å². The molecule has 43 heavy (non-hydrogen) atoms. The standard InChI is InChI=1S/C31H38N6O6/c1-16(2)27(31(42)43)37-29(40)25(13-19-15-34-23-11-7-5-9-21(19)23)35-28(39)24(36-30(41)26(32)17(3)38)12-18-14-33-22-10-6-4-8-20(18)22/h4-11,14-17,24-27,33-34,38H,12-13,32H2,1-3H3,(H,35,39)(H,36,41)(H,37,40)(H,42,43). The second-order valence-corrected chi connectivity index (χ2v) is 11.1. The third-order valence-corrected chi connectivity index (χ3v) is 7.52. The van der Waals surface area contributed by atoms with Crippen molar-refractivity contribution in [2.45, 2.75) is 63.9 Å². The zero-order valence-corrected chi connectivity index (χ0v) is 24.3. The lowest BCUT2D eigenvalue weighted by atomic mass is 10.00. The summed E-state index contributed by atoms with van der Waals surface area (Å²) >= 11 is 0. The molecule has 0 aliphatic heterocycles. The maximum absolute atomic E-state index is 13.9. The molecule has 228 valence electrons. The SMILES string of the molecule is CC(C)C(NC(=O)C(Cc1c[nH]c2ccccc12)NC(=O)C(Cc1c[nH]c2ccccc12)NC(=O)C(N)C(C)O)C(=O)O. The fourth-order valence-electron chi connectivity index (χ4n) is 4.99. The fourth-order valence-corrected chi connectivity index (χ4v) is 4.99. The number of aliphatic carboxylic acids is 1. The Balaban J connectivity index is 1.65. The van der Waals surface area contributed by atoms with Gasteiger partial charge in [0.15, 0.2) is 0 Å². The second kappa shape index (κ2) is 13.5. The predicted molar refractivity (Wildman–Crippen MR) is 162 cm³/mol. The van der Waals surface area contributed by atoms with Crippen LogP contribution in [0, 0.1) is 5.92 Å². The summed E-state index contributed by atoms with van der Waals surface area (Å²) in [5.74, 6) is -3.71. The van der Waals surface area contributed by atoms with Crippen LogP contribution in [-0.4, -0.2) is 74.1 Å². The van der Waals surface area contributed by atoms with Crippen LogP contribution in [0.5, 0.6) is 0 Å². The number of fused-ring (bicyclic) bond motifs is 2. The van der Waals surface area contributed by atoms with Crippen LogP contribution in [0.25, 0.3) is 21.8 Å². The van der Waals surface area contributed by atoms with Crippen molar-refractivity contribution in [3.8, 4) is 0 Å². The minimum atomic E-state index is -1.29. The summed E-state index contributed by atoms with van der Waals surface area (Å²) in [5, 5.41) is 29.2. The van der Waals surface area contributed by atoms with Crippen LogP contribution in [-0.2, 0) is 32.0 Å². The number of aromatic nitrogens is 2. The average Bonchev–Trinajstić information content (AvgIpc) is 3.58. The first-order chi connectivity index (χ1) is 20.5. The number of rotatable bonds is 13. The average molecular weight is 591 g/mol. The molecule has 0 saturated carbocycles. The summed E-state index contributed by atoms with van der Waals surface area (Å²) in [6, 6.07) is 10.1. The smallest absolute Gasteiger partial charge is 0.326 e. The number of nitrogens with two attached hydrogens (primary N) is 1. The van der Waals surface area contributed by atoms with Crippen LogP contribution >= 0.6 is 0 Å². The van der Waals surface area contributed by atoms with E-state index >= 15 is 0 Å². The van der Waals surface area contributed by atoms with E-state index < -0.39 is 59.9 Å². The quantitative estimate of drug-likeness (QED) is 0.115. The Hall–Kier alpha value is -4.68. The van der Waals surface area contributed by atoms with Crippen molar-refractivity contribution < 1.29 is 29.4 Å². The molecule has 0 bridgehead atoms. The molecule has 5 unspecified atom stereocenters. The second-order valence-electron chi connectivity index (χ2n) is 11.1. The Labute approximate surface area is 248 Å². The highest BCUT2D eigenvalue weighted by Gasteiger charge is 2.33. The van der Waals surface area contributed by atoms with E-state index in [2.05, 4.69) is 25.9 Å². The molecule has 9 N–H and O–H groups in total. The summed E-state index contributed by atoms with van der Waals surface area (Å²) in [6.45, 7) is 4.71. The molecular weight excluding hydrogens is 552 g/mol.